The van der Waals surface area contributed by atoms with Gasteiger partial charge in [0.05, 0.1) is 24.9 Å². The molecule has 0 fully saturated rings. The summed E-state index contributed by atoms with van der Waals surface area (Å²) in [5, 5.41) is 10.7. The van der Waals surface area contributed by atoms with Gasteiger partial charge in [-0.15, -0.1) is 0 Å². The Morgan fingerprint density at radius 3 is 2.76 bits per heavy atom. The lowest BCUT2D eigenvalue weighted by Crippen LogP contribution is -2.21. The summed E-state index contributed by atoms with van der Waals surface area (Å²) in [5.74, 6) is 0.142. The first-order chi connectivity index (χ1) is 9.93. The lowest BCUT2D eigenvalue weighted by atomic mass is 10.2. The van der Waals surface area contributed by atoms with E-state index >= 15 is 0 Å². The molecule has 0 aliphatic carbocycles. The third-order valence-corrected chi connectivity index (χ3v) is 3.46. The number of hydrogen-bond acceptors (Lipinski definition) is 5. The maximum absolute atomic E-state index is 11.9. The Balaban J connectivity index is 2.41. The summed E-state index contributed by atoms with van der Waals surface area (Å²) < 4.78 is 6.12. The van der Waals surface area contributed by atoms with E-state index in [2.05, 4.69) is 4.98 Å². The van der Waals surface area contributed by atoms with E-state index in [1.807, 2.05) is 0 Å². The van der Waals surface area contributed by atoms with Crippen LogP contribution in [0.25, 0.3) is 0 Å². The van der Waals surface area contributed by atoms with Crippen molar-refractivity contribution >= 4 is 28.9 Å². The summed E-state index contributed by atoms with van der Waals surface area (Å²) in [6, 6.07) is 4.40. The van der Waals surface area contributed by atoms with Crippen LogP contribution in [0.2, 0.25) is 10.2 Å². The lowest BCUT2D eigenvalue weighted by Gasteiger charge is -2.08. The molecule has 9 heteroatoms. The fraction of sp³-hybridized carbons (Fsp3) is 0.167. The van der Waals surface area contributed by atoms with Crippen molar-refractivity contribution in [2.45, 2.75) is 6.54 Å². The summed E-state index contributed by atoms with van der Waals surface area (Å²) in [4.78, 5) is 26.0. The maximum atomic E-state index is 11.9. The number of rotatable bonds is 4. The van der Waals surface area contributed by atoms with E-state index in [4.69, 9.17) is 27.9 Å². The van der Waals surface area contributed by atoms with Crippen molar-refractivity contribution in [3.8, 4) is 5.75 Å². The van der Waals surface area contributed by atoms with E-state index < -0.39 is 10.5 Å². The number of ether oxygens (including phenoxy) is 1. The number of nitro groups is 1. The molecular formula is C12H9Cl2N3O4. The van der Waals surface area contributed by atoms with E-state index in [1.54, 1.807) is 6.07 Å². The molecule has 1 heterocycles. The van der Waals surface area contributed by atoms with Gasteiger partial charge < -0.3 is 4.74 Å². The highest BCUT2D eigenvalue weighted by molar-refractivity contribution is 6.40. The fourth-order valence-electron chi connectivity index (χ4n) is 1.73. The van der Waals surface area contributed by atoms with E-state index in [0.29, 0.717) is 5.56 Å². The minimum atomic E-state index is -0.557. The molecule has 0 aliphatic rings. The van der Waals surface area contributed by atoms with Crippen LogP contribution >= 0.6 is 23.2 Å². The first-order valence-corrected chi connectivity index (χ1v) is 6.41. The van der Waals surface area contributed by atoms with Crippen LogP contribution in [0, 0.1) is 10.1 Å². The standard InChI is InChI=1S/C12H9Cl2N3O4/c1-21-9-3-2-7(4-8(9)17(19)20)5-16-6-15-11(14)10(13)12(16)18/h2-4,6H,5H2,1H3. The number of nitrogens with zero attached hydrogens (tertiary/aromatic N) is 3. The first-order valence-electron chi connectivity index (χ1n) is 5.65. The van der Waals surface area contributed by atoms with Gasteiger partial charge in [0, 0.05) is 6.07 Å². The first kappa shape index (κ1) is 15.3. The molecular weight excluding hydrogens is 321 g/mol. The molecule has 21 heavy (non-hydrogen) atoms. The third kappa shape index (κ3) is 3.14. The molecule has 0 amide bonds. The number of aromatic nitrogens is 2. The van der Waals surface area contributed by atoms with Gasteiger partial charge in [0.25, 0.3) is 5.56 Å². The topological polar surface area (TPSA) is 87.3 Å². The molecule has 0 saturated heterocycles. The van der Waals surface area contributed by atoms with Gasteiger partial charge in [0.2, 0.25) is 0 Å². The van der Waals surface area contributed by atoms with Crippen molar-refractivity contribution in [1.82, 2.24) is 9.55 Å². The lowest BCUT2D eigenvalue weighted by molar-refractivity contribution is -0.385. The van der Waals surface area contributed by atoms with Crippen molar-refractivity contribution in [2.24, 2.45) is 0 Å². The number of nitro benzene ring substituents is 1. The van der Waals surface area contributed by atoms with Gasteiger partial charge in [-0.1, -0.05) is 29.3 Å². The Bertz CT molecular complexity index is 761. The normalized spacial score (nSPS) is 10.4. The zero-order valence-corrected chi connectivity index (χ0v) is 12.3. The van der Waals surface area contributed by atoms with Gasteiger partial charge in [0.15, 0.2) is 10.9 Å². The molecule has 7 nitrogen and oxygen atoms in total. The quantitative estimate of drug-likeness (QED) is 0.488. The number of benzene rings is 1. The Morgan fingerprint density at radius 1 is 1.43 bits per heavy atom. The molecule has 2 rings (SSSR count). The summed E-state index contributed by atoms with van der Waals surface area (Å²) in [6.07, 6.45) is 1.23. The van der Waals surface area contributed by atoms with Crippen LogP contribution in [-0.4, -0.2) is 21.6 Å². The average molecular weight is 330 g/mol. The molecule has 0 radical (unpaired) electrons. The minimum Gasteiger partial charge on any atom is -0.490 e. The summed E-state index contributed by atoms with van der Waals surface area (Å²) in [6.45, 7) is 0.0769. The highest BCUT2D eigenvalue weighted by Gasteiger charge is 2.16. The number of hydrogen-bond donors (Lipinski definition) is 0. The number of halogens is 2. The van der Waals surface area contributed by atoms with Crippen molar-refractivity contribution in [2.75, 3.05) is 7.11 Å². The fourth-order valence-corrected chi connectivity index (χ4v) is 2.01. The molecule has 0 bridgehead atoms. The van der Waals surface area contributed by atoms with E-state index in [9.17, 15) is 14.9 Å². The van der Waals surface area contributed by atoms with Crippen LogP contribution in [0.1, 0.15) is 5.56 Å². The van der Waals surface area contributed by atoms with Crippen LogP contribution < -0.4 is 10.3 Å². The molecule has 0 saturated carbocycles. The van der Waals surface area contributed by atoms with Crippen LogP contribution in [0.4, 0.5) is 5.69 Å². The summed E-state index contributed by atoms with van der Waals surface area (Å²) in [7, 11) is 1.34. The second-order valence-corrected chi connectivity index (χ2v) is 4.78. The van der Waals surface area contributed by atoms with Gasteiger partial charge in [-0.25, -0.2) is 4.98 Å². The average Bonchev–Trinajstić information content (AvgIpc) is 2.47. The van der Waals surface area contributed by atoms with Crippen LogP contribution in [-0.2, 0) is 6.54 Å². The van der Waals surface area contributed by atoms with E-state index in [-0.39, 0.29) is 28.2 Å². The Morgan fingerprint density at radius 2 is 2.14 bits per heavy atom. The van der Waals surface area contributed by atoms with Crippen LogP contribution in [0.5, 0.6) is 5.75 Å². The highest BCUT2D eigenvalue weighted by atomic mass is 35.5. The molecule has 0 atom stereocenters. The molecule has 0 aliphatic heterocycles. The van der Waals surface area contributed by atoms with Gasteiger partial charge in [-0.05, 0) is 11.6 Å². The van der Waals surface area contributed by atoms with Crippen LogP contribution in [0.15, 0.2) is 29.3 Å². The zero-order valence-electron chi connectivity index (χ0n) is 10.7. The van der Waals surface area contributed by atoms with Crippen LogP contribution in [0.3, 0.4) is 0 Å². The predicted octanol–water partition coefficient (Wildman–Crippen LogP) is 2.52. The van der Waals surface area contributed by atoms with E-state index in [1.165, 1.54) is 30.1 Å². The largest absolute Gasteiger partial charge is 0.490 e. The highest BCUT2D eigenvalue weighted by Crippen LogP contribution is 2.27. The van der Waals surface area contributed by atoms with Gasteiger partial charge in [0.1, 0.15) is 5.02 Å². The third-order valence-electron chi connectivity index (χ3n) is 2.73. The van der Waals surface area contributed by atoms with E-state index in [0.717, 1.165) is 0 Å². The smallest absolute Gasteiger partial charge is 0.311 e. The summed E-state index contributed by atoms with van der Waals surface area (Å²) >= 11 is 11.4. The molecule has 0 N–H and O–H groups in total. The van der Waals surface area contributed by atoms with Crippen molar-refractivity contribution in [3.05, 3.63) is 60.7 Å². The Kier molecular flexibility index (Phi) is 4.44. The molecule has 1 aromatic heterocycles. The zero-order chi connectivity index (χ0) is 15.6. The molecule has 0 unspecified atom stereocenters. The Hall–Kier alpha value is -2.12. The van der Waals surface area contributed by atoms with Crippen molar-refractivity contribution in [3.63, 3.8) is 0 Å². The van der Waals surface area contributed by atoms with Crippen molar-refractivity contribution in [1.29, 1.82) is 0 Å². The number of methoxy groups -OCH3 is 1. The van der Waals surface area contributed by atoms with Crippen molar-refractivity contribution < 1.29 is 9.66 Å². The molecule has 110 valence electrons. The molecule has 0 spiro atoms. The Labute approximate surface area is 128 Å². The van der Waals surface area contributed by atoms with Gasteiger partial charge in [-0.2, -0.15) is 0 Å². The predicted molar refractivity (Wildman–Crippen MR) is 77.3 cm³/mol. The van der Waals surface area contributed by atoms with Gasteiger partial charge in [-0.3, -0.25) is 19.5 Å². The minimum absolute atomic E-state index is 0.0769. The summed E-state index contributed by atoms with van der Waals surface area (Å²) in [5.41, 5.74) is -0.170. The van der Waals surface area contributed by atoms with Gasteiger partial charge >= 0.3 is 5.69 Å². The monoisotopic (exact) mass is 329 g/mol. The SMILES string of the molecule is COc1ccc(Cn2cnc(Cl)c(Cl)c2=O)cc1[N+](=O)[O-]. The second kappa shape index (κ2) is 6.11. The molecule has 1 aromatic carbocycles. The maximum Gasteiger partial charge on any atom is 0.311 e. The molecule has 2 aromatic rings. The second-order valence-electron chi connectivity index (χ2n) is 4.05.